The first-order valence-corrected chi connectivity index (χ1v) is 8.21. The number of hydrogen-bond acceptors (Lipinski definition) is 5. The van der Waals surface area contributed by atoms with Crippen LogP contribution in [0.3, 0.4) is 0 Å². The van der Waals surface area contributed by atoms with Gasteiger partial charge in [0.1, 0.15) is 11.4 Å². The fourth-order valence-corrected chi connectivity index (χ4v) is 2.34. The highest BCUT2D eigenvalue weighted by Gasteiger charge is 2.05. The number of nitrogens with zero attached hydrogens (tertiary/aromatic N) is 4. The molecule has 134 valence electrons. The van der Waals surface area contributed by atoms with Gasteiger partial charge >= 0.3 is 6.03 Å². The van der Waals surface area contributed by atoms with Crippen LogP contribution in [0.5, 0.6) is 5.75 Å². The summed E-state index contributed by atoms with van der Waals surface area (Å²) in [5.41, 5.74) is 2.61. The Bertz CT molecular complexity index is 832. The zero-order valence-electron chi connectivity index (χ0n) is 14.4. The summed E-state index contributed by atoms with van der Waals surface area (Å²) in [5.74, 6) is 0.818. The Labute approximate surface area is 151 Å². The Balaban J connectivity index is 1.40. The second-order valence-corrected chi connectivity index (χ2v) is 5.57. The van der Waals surface area contributed by atoms with Crippen LogP contribution in [0, 0.1) is 0 Å². The summed E-state index contributed by atoms with van der Waals surface area (Å²) in [4.78, 5) is 15.9. The molecule has 3 aromatic rings. The molecule has 0 unspecified atom stereocenters. The molecule has 0 aliphatic heterocycles. The third kappa shape index (κ3) is 4.79. The van der Waals surface area contributed by atoms with E-state index in [4.69, 9.17) is 4.74 Å². The number of nitrogens with one attached hydrogen (secondary N) is 2. The fraction of sp³-hybridized carbons (Fsp3) is 0.222. The van der Waals surface area contributed by atoms with Crippen molar-refractivity contribution in [1.82, 2.24) is 30.6 Å². The topological polar surface area (TPSA) is 94.0 Å². The van der Waals surface area contributed by atoms with Gasteiger partial charge in [0.15, 0.2) is 0 Å². The van der Waals surface area contributed by atoms with Gasteiger partial charge in [-0.25, -0.2) is 9.48 Å². The standard InChI is InChI=1S/C18H20N6O2/c1-26-17-6-4-14(5-7-17)8-10-20-18(25)21-11-15-13-24(23-22-15)16-3-2-9-19-12-16/h2-7,9,12-13H,8,10-11H2,1H3,(H2,20,21,25). The van der Waals surface area contributed by atoms with Gasteiger partial charge in [-0.2, -0.15) is 0 Å². The molecule has 0 fully saturated rings. The van der Waals surface area contributed by atoms with Crippen LogP contribution < -0.4 is 15.4 Å². The van der Waals surface area contributed by atoms with E-state index in [9.17, 15) is 4.79 Å². The summed E-state index contributed by atoms with van der Waals surface area (Å²) in [6.45, 7) is 0.842. The average molecular weight is 352 g/mol. The molecule has 8 heteroatoms. The molecule has 0 saturated heterocycles. The molecule has 0 aliphatic rings. The largest absolute Gasteiger partial charge is 0.497 e. The first-order valence-electron chi connectivity index (χ1n) is 8.21. The SMILES string of the molecule is COc1ccc(CCNC(=O)NCc2cn(-c3cccnc3)nn2)cc1. The van der Waals surface area contributed by atoms with E-state index in [0.717, 1.165) is 23.4 Å². The van der Waals surface area contributed by atoms with Gasteiger partial charge in [0.2, 0.25) is 0 Å². The van der Waals surface area contributed by atoms with Gasteiger partial charge < -0.3 is 15.4 Å². The van der Waals surface area contributed by atoms with Crippen molar-refractivity contribution in [2.24, 2.45) is 0 Å². The van der Waals surface area contributed by atoms with Crippen molar-refractivity contribution in [2.45, 2.75) is 13.0 Å². The summed E-state index contributed by atoms with van der Waals surface area (Å²) in [6, 6.07) is 11.2. The number of pyridine rings is 1. The van der Waals surface area contributed by atoms with Crippen molar-refractivity contribution in [3.05, 3.63) is 66.2 Å². The van der Waals surface area contributed by atoms with Crippen molar-refractivity contribution >= 4 is 6.03 Å². The molecule has 0 spiro atoms. The summed E-state index contributed by atoms with van der Waals surface area (Å²) in [6.07, 6.45) is 5.89. The lowest BCUT2D eigenvalue weighted by atomic mass is 10.1. The Kier molecular flexibility index (Phi) is 5.76. The summed E-state index contributed by atoms with van der Waals surface area (Å²) in [7, 11) is 1.64. The molecule has 2 amide bonds. The molecular weight excluding hydrogens is 332 g/mol. The fourth-order valence-electron chi connectivity index (χ4n) is 2.34. The number of benzene rings is 1. The lowest BCUT2D eigenvalue weighted by molar-refractivity contribution is 0.240. The van der Waals surface area contributed by atoms with Crippen molar-refractivity contribution in [1.29, 1.82) is 0 Å². The van der Waals surface area contributed by atoms with Crippen LogP contribution in [0.2, 0.25) is 0 Å². The van der Waals surface area contributed by atoms with E-state index in [1.165, 1.54) is 0 Å². The van der Waals surface area contributed by atoms with Gasteiger partial charge in [-0.3, -0.25) is 4.98 Å². The van der Waals surface area contributed by atoms with Crippen LogP contribution >= 0.6 is 0 Å². The molecule has 0 radical (unpaired) electrons. The first-order chi connectivity index (χ1) is 12.7. The number of aromatic nitrogens is 4. The van der Waals surface area contributed by atoms with Gasteiger partial charge in [-0.15, -0.1) is 5.10 Å². The van der Waals surface area contributed by atoms with E-state index in [0.29, 0.717) is 18.8 Å². The van der Waals surface area contributed by atoms with Crippen LogP contribution in [0.15, 0.2) is 55.0 Å². The predicted octanol–water partition coefficient (Wildman–Crippen LogP) is 1.71. The highest BCUT2D eigenvalue weighted by Crippen LogP contribution is 2.11. The third-order valence-corrected chi connectivity index (χ3v) is 3.74. The number of carbonyl (C=O) groups is 1. The lowest BCUT2D eigenvalue weighted by Gasteiger charge is -2.07. The number of carbonyl (C=O) groups excluding carboxylic acids is 1. The van der Waals surface area contributed by atoms with Crippen LogP contribution in [0.25, 0.3) is 5.69 Å². The second-order valence-electron chi connectivity index (χ2n) is 5.57. The summed E-state index contributed by atoms with van der Waals surface area (Å²) in [5, 5.41) is 13.7. The van der Waals surface area contributed by atoms with Gasteiger partial charge in [-0.1, -0.05) is 17.3 Å². The predicted molar refractivity (Wildman–Crippen MR) is 96.1 cm³/mol. The maximum atomic E-state index is 11.9. The molecule has 2 heterocycles. The third-order valence-electron chi connectivity index (χ3n) is 3.74. The second kappa shape index (κ2) is 8.61. The monoisotopic (exact) mass is 352 g/mol. The average Bonchev–Trinajstić information content (AvgIpc) is 3.17. The molecule has 26 heavy (non-hydrogen) atoms. The van der Waals surface area contributed by atoms with Gasteiger partial charge in [0.25, 0.3) is 0 Å². The molecule has 2 N–H and O–H groups in total. The van der Waals surface area contributed by atoms with E-state index in [1.807, 2.05) is 36.4 Å². The smallest absolute Gasteiger partial charge is 0.315 e. The van der Waals surface area contributed by atoms with Crippen LogP contribution in [-0.2, 0) is 13.0 Å². The van der Waals surface area contributed by atoms with Crippen LogP contribution in [-0.4, -0.2) is 39.7 Å². The van der Waals surface area contributed by atoms with Crippen LogP contribution in [0.1, 0.15) is 11.3 Å². The summed E-state index contributed by atoms with van der Waals surface area (Å²) >= 11 is 0. The minimum Gasteiger partial charge on any atom is -0.497 e. The minimum absolute atomic E-state index is 0.241. The zero-order valence-corrected chi connectivity index (χ0v) is 14.4. The Morgan fingerprint density at radius 3 is 2.77 bits per heavy atom. The zero-order chi connectivity index (χ0) is 18.2. The van der Waals surface area contributed by atoms with Crippen molar-refractivity contribution in [3.63, 3.8) is 0 Å². The Morgan fingerprint density at radius 2 is 2.04 bits per heavy atom. The number of methoxy groups -OCH3 is 1. The molecule has 3 rings (SSSR count). The number of hydrogen-bond donors (Lipinski definition) is 2. The molecular formula is C18H20N6O2. The van der Waals surface area contributed by atoms with E-state index in [1.54, 1.807) is 30.4 Å². The Hall–Kier alpha value is -3.42. The Morgan fingerprint density at radius 1 is 1.19 bits per heavy atom. The maximum Gasteiger partial charge on any atom is 0.315 e. The van der Waals surface area contributed by atoms with Crippen molar-refractivity contribution in [2.75, 3.05) is 13.7 Å². The number of amides is 2. The summed E-state index contributed by atoms with van der Waals surface area (Å²) < 4.78 is 6.74. The lowest BCUT2D eigenvalue weighted by Crippen LogP contribution is -2.36. The molecule has 1 aromatic carbocycles. The van der Waals surface area contributed by atoms with Crippen molar-refractivity contribution < 1.29 is 9.53 Å². The normalized spacial score (nSPS) is 10.3. The number of urea groups is 1. The number of rotatable bonds is 7. The maximum absolute atomic E-state index is 11.9. The van der Waals surface area contributed by atoms with Gasteiger partial charge in [0, 0.05) is 12.7 Å². The van der Waals surface area contributed by atoms with E-state index >= 15 is 0 Å². The minimum atomic E-state index is -0.241. The first kappa shape index (κ1) is 17.4. The molecule has 0 bridgehead atoms. The van der Waals surface area contributed by atoms with Gasteiger partial charge in [-0.05, 0) is 36.2 Å². The molecule has 0 atom stereocenters. The van der Waals surface area contributed by atoms with Crippen LogP contribution in [0.4, 0.5) is 4.79 Å². The molecule has 0 aliphatic carbocycles. The van der Waals surface area contributed by atoms with E-state index in [2.05, 4.69) is 25.9 Å². The highest BCUT2D eigenvalue weighted by molar-refractivity contribution is 5.73. The van der Waals surface area contributed by atoms with Gasteiger partial charge in [0.05, 0.1) is 31.7 Å². The van der Waals surface area contributed by atoms with E-state index in [-0.39, 0.29) is 6.03 Å². The molecule has 2 aromatic heterocycles. The highest BCUT2D eigenvalue weighted by atomic mass is 16.5. The quantitative estimate of drug-likeness (QED) is 0.675. The molecule has 8 nitrogen and oxygen atoms in total. The van der Waals surface area contributed by atoms with Crippen molar-refractivity contribution in [3.8, 4) is 11.4 Å². The molecule has 0 saturated carbocycles. The number of ether oxygens (including phenoxy) is 1. The van der Waals surface area contributed by atoms with E-state index < -0.39 is 0 Å².